The monoisotopic (exact) mass is 275 g/mol. The van der Waals surface area contributed by atoms with Gasteiger partial charge in [0, 0.05) is 14.1 Å². The van der Waals surface area contributed by atoms with E-state index in [0.29, 0.717) is 0 Å². The number of nitrogens with one attached hydrogen (secondary N) is 1. The van der Waals surface area contributed by atoms with Crippen molar-refractivity contribution in [3.8, 4) is 0 Å². The van der Waals surface area contributed by atoms with Crippen molar-refractivity contribution in [2.45, 2.75) is 6.18 Å². The smallest absolute Gasteiger partial charge is 0.338 e. The Bertz CT molecular complexity index is 794. The van der Waals surface area contributed by atoms with E-state index in [0.717, 1.165) is 15.2 Å². The average molecular weight is 275 g/mol. The third-order valence-electron chi connectivity index (χ3n) is 2.74. The minimum atomic E-state index is -5.05. The minimum Gasteiger partial charge on any atom is -0.338 e. The number of aryl methyl sites for hydroxylation is 1. The lowest BCUT2D eigenvalue weighted by atomic mass is 10.2. The molecule has 0 atom stereocenters. The first-order chi connectivity index (χ1) is 8.64. The van der Waals surface area contributed by atoms with E-state index in [4.69, 9.17) is 0 Å². The molecule has 0 saturated carbocycles. The molecule has 0 bridgehead atoms. The Morgan fingerprint density at radius 1 is 1.21 bits per heavy atom. The van der Waals surface area contributed by atoms with Gasteiger partial charge in [0.25, 0.3) is 11.3 Å². The van der Waals surface area contributed by atoms with Gasteiger partial charge in [0.1, 0.15) is 5.65 Å². The molecule has 19 heavy (non-hydrogen) atoms. The Morgan fingerprint density at radius 2 is 1.79 bits per heavy atom. The fourth-order valence-electron chi connectivity index (χ4n) is 1.73. The summed E-state index contributed by atoms with van der Waals surface area (Å²) < 4.78 is 38.6. The first-order valence-electron chi connectivity index (χ1n) is 5.05. The van der Waals surface area contributed by atoms with Gasteiger partial charge in [-0.1, -0.05) is 0 Å². The molecule has 9 heteroatoms. The number of carbonyl (C=O) groups excluding carboxylic acids is 1. The van der Waals surface area contributed by atoms with E-state index in [2.05, 4.69) is 4.98 Å². The maximum atomic E-state index is 12.3. The van der Waals surface area contributed by atoms with Crippen molar-refractivity contribution in [3.63, 3.8) is 0 Å². The summed E-state index contributed by atoms with van der Waals surface area (Å²) in [7, 11) is 2.48. The summed E-state index contributed by atoms with van der Waals surface area (Å²) in [4.78, 5) is 36.5. The van der Waals surface area contributed by atoms with Crippen molar-refractivity contribution < 1.29 is 18.0 Å². The highest BCUT2D eigenvalue weighted by molar-refractivity contribution is 6.02. The van der Waals surface area contributed by atoms with Crippen LogP contribution < -0.4 is 11.2 Å². The van der Waals surface area contributed by atoms with E-state index in [-0.39, 0.29) is 11.0 Å². The maximum absolute atomic E-state index is 12.3. The summed E-state index contributed by atoms with van der Waals surface area (Å²) in [5.41, 5.74) is -2.37. The van der Waals surface area contributed by atoms with E-state index in [1.165, 1.54) is 14.1 Å². The van der Waals surface area contributed by atoms with Gasteiger partial charge in [0.05, 0.1) is 11.1 Å². The third kappa shape index (κ3) is 1.86. The molecule has 0 saturated heterocycles. The number of fused-ring (bicyclic) bond motifs is 1. The van der Waals surface area contributed by atoms with Crippen LogP contribution in [0.3, 0.4) is 0 Å². The molecule has 0 amide bonds. The van der Waals surface area contributed by atoms with Crippen LogP contribution in [0.2, 0.25) is 0 Å². The zero-order valence-corrected chi connectivity index (χ0v) is 9.83. The maximum Gasteiger partial charge on any atom is 0.456 e. The highest BCUT2D eigenvalue weighted by atomic mass is 19.4. The first kappa shape index (κ1) is 13.1. The Labute approximate surface area is 103 Å². The molecule has 0 aliphatic rings. The zero-order chi connectivity index (χ0) is 14.5. The Morgan fingerprint density at radius 3 is 2.32 bits per heavy atom. The van der Waals surface area contributed by atoms with Crippen LogP contribution in [0.25, 0.3) is 11.0 Å². The van der Waals surface area contributed by atoms with E-state index in [1.54, 1.807) is 0 Å². The van der Waals surface area contributed by atoms with Crippen LogP contribution in [0.4, 0.5) is 13.2 Å². The van der Waals surface area contributed by atoms with Crippen molar-refractivity contribution >= 4 is 16.8 Å². The number of H-pyrrole nitrogens is 1. The fourth-order valence-corrected chi connectivity index (χ4v) is 1.73. The van der Waals surface area contributed by atoms with Gasteiger partial charge in [-0.2, -0.15) is 13.2 Å². The van der Waals surface area contributed by atoms with Crippen molar-refractivity contribution in [3.05, 3.63) is 32.6 Å². The van der Waals surface area contributed by atoms with Crippen molar-refractivity contribution in [2.24, 2.45) is 14.1 Å². The molecular formula is C10H8F3N3O3. The van der Waals surface area contributed by atoms with Gasteiger partial charge in [-0.25, -0.2) is 4.79 Å². The summed E-state index contributed by atoms with van der Waals surface area (Å²) >= 11 is 0. The lowest BCUT2D eigenvalue weighted by Crippen LogP contribution is -2.36. The number of hydrogen-bond acceptors (Lipinski definition) is 3. The second-order valence-corrected chi connectivity index (χ2v) is 3.98. The number of hydrogen-bond donors (Lipinski definition) is 1. The largest absolute Gasteiger partial charge is 0.456 e. The van der Waals surface area contributed by atoms with Gasteiger partial charge in [-0.05, 0) is 6.07 Å². The molecule has 2 heterocycles. The zero-order valence-electron chi connectivity index (χ0n) is 9.83. The fraction of sp³-hybridized carbons (Fsp3) is 0.300. The number of halogens is 3. The first-order valence-corrected chi connectivity index (χ1v) is 5.05. The van der Waals surface area contributed by atoms with E-state index in [1.807, 2.05) is 0 Å². The average Bonchev–Trinajstić information content (AvgIpc) is 2.76. The molecule has 0 aliphatic heterocycles. The topological polar surface area (TPSA) is 76.9 Å². The molecule has 1 N–H and O–H groups in total. The SMILES string of the molecule is Cn1c(=O)c2cc(C(=O)C(F)(F)F)[nH]c2n(C)c1=O. The molecule has 0 radical (unpaired) electrons. The molecule has 2 aromatic heterocycles. The lowest BCUT2D eigenvalue weighted by Gasteiger charge is -2.03. The molecule has 0 aliphatic carbocycles. The van der Waals surface area contributed by atoms with Gasteiger partial charge in [-0.15, -0.1) is 0 Å². The molecule has 6 nitrogen and oxygen atoms in total. The Kier molecular flexibility index (Phi) is 2.65. The second-order valence-electron chi connectivity index (χ2n) is 3.98. The molecule has 102 valence electrons. The molecule has 0 fully saturated rings. The number of rotatable bonds is 1. The van der Waals surface area contributed by atoms with Gasteiger partial charge in [-0.3, -0.25) is 18.7 Å². The van der Waals surface area contributed by atoms with Crippen LogP contribution in [0, 0.1) is 0 Å². The van der Waals surface area contributed by atoms with Gasteiger partial charge in [0.2, 0.25) is 0 Å². The normalized spacial score (nSPS) is 12.1. The predicted molar refractivity (Wildman–Crippen MR) is 59.2 cm³/mol. The number of Topliss-reactive ketones (excluding diaryl/α,β-unsaturated/α-hetero) is 1. The Balaban J connectivity index is 2.83. The second kappa shape index (κ2) is 3.84. The summed E-state index contributed by atoms with van der Waals surface area (Å²) in [5, 5.41) is -0.155. The van der Waals surface area contributed by atoms with Gasteiger partial charge < -0.3 is 4.98 Å². The van der Waals surface area contributed by atoms with Crippen molar-refractivity contribution in [1.82, 2.24) is 14.1 Å². The summed E-state index contributed by atoms with van der Waals surface area (Å²) in [6, 6.07) is 0.799. The van der Waals surface area contributed by atoms with Crippen LogP contribution in [-0.2, 0) is 14.1 Å². The number of carbonyl (C=O) groups is 1. The minimum absolute atomic E-state index is 0.124. The lowest BCUT2D eigenvalue weighted by molar-refractivity contribution is -0.0887. The molecule has 2 aromatic rings. The third-order valence-corrected chi connectivity index (χ3v) is 2.74. The van der Waals surface area contributed by atoms with E-state index >= 15 is 0 Å². The standard InChI is InChI=1S/C10H8F3N3O3/c1-15-7-4(8(18)16(2)9(15)19)3-5(14-7)6(17)10(11,12)13/h3,14H,1-2H3. The highest BCUT2D eigenvalue weighted by Crippen LogP contribution is 2.22. The van der Waals surface area contributed by atoms with Gasteiger partial charge >= 0.3 is 11.9 Å². The van der Waals surface area contributed by atoms with Crippen molar-refractivity contribution in [1.29, 1.82) is 0 Å². The number of alkyl halides is 3. The number of nitrogens with zero attached hydrogens (tertiary/aromatic N) is 2. The summed E-state index contributed by atoms with van der Waals surface area (Å²) in [6.07, 6.45) is -5.05. The van der Waals surface area contributed by atoms with Crippen molar-refractivity contribution in [2.75, 3.05) is 0 Å². The molecule has 0 spiro atoms. The Hall–Kier alpha value is -2.32. The van der Waals surface area contributed by atoms with Crippen LogP contribution in [0.5, 0.6) is 0 Å². The molecular weight excluding hydrogens is 267 g/mol. The summed E-state index contributed by atoms with van der Waals surface area (Å²) in [5.74, 6) is -2.10. The van der Waals surface area contributed by atoms with Crippen LogP contribution >= 0.6 is 0 Å². The number of aromatic nitrogens is 3. The predicted octanol–water partition coefficient (Wildman–Crippen LogP) is 0.310. The highest BCUT2D eigenvalue weighted by Gasteiger charge is 2.40. The number of aromatic amines is 1. The van der Waals surface area contributed by atoms with Gasteiger partial charge in [0.15, 0.2) is 0 Å². The van der Waals surface area contributed by atoms with E-state index in [9.17, 15) is 27.6 Å². The molecule has 0 unspecified atom stereocenters. The molecule has 0 aromatic carbocycles. The van der Waals surface area contributed by atoms with Crippen LogP contribution in [0.1, 0.15) is 10.5 Å². The quantitative estimate of drug-likeness (QED) is 0.761. The summed E-state index contributed by atoms with van der Waals surface area (Å²) in [6.45, 7) is 0. The molecule has 2 rings (SSSR count). The van der Waals surface area contributed by atoms with Crippen LogP contribution in [0.15, 0.2) is 15.7 Å². The van der Waals surface area contributed by atoms with E-state index < -0.39 is 28.9 Å². The number of ketones is 1. The van der Waals surface area contributed by atoms with Crippen LogP contribution in [-0.4, -0.2) is 26.1 Å².